The van der Waals surface area contributed by atoms with Gasteiger partial charge in [0.15, 0.2) is 11.5 Å². The lowest BCUT2D eigenvalue weighted by molar-refractivity contribution is -0.112. The minimum atomic E-state index is -0.478. The first-order valence-electron chi connectivity index (χ1n) is 10.1. The summed E-state index contributed by atoms with van der Waals surface area (Å²) in [5.74, 6) is 0.623. The zero-order valence-electron chi connectivity index (χ0n) is 18.3. The van der Waals surface area contributed by atoms with E-state index in [0.717, 1.165) is 11.3 Å². The minimum Gasteiger partial charge on any atom is -0.493 e. The number of carbonyl (C=O) groups is 1. The van der Waals surface area contributed by atoms with Crippen molar-refractivity contribution in [1.82, 2.24) is 0 Å². The number of methoxy groups -OCH3 is 1. The summed E-state index contributed by atoms with van der Waals surface area (Å²) in [6, 6.07) is 24.4. The molecule has 0 bridgehead atoms. The van der Waals surface area contributed by atoms with Gasteiger partial charge in [-0.05, 0) is 53.6 Å². The molecule has 0 radical (unpaired) electrons. The summed E-state index contributed by atoms with van der Waals surface area (Å²) in [7, 11) is 5.43. The van der Waals surface area contributed by atoms with Crippen LogP contribution in [-0.4, -0.2) is 27.1 Å². The standard InChI is InChI=1S/C26H25N3O3/c1-29(2)23-12-10-22(11-13-23)28-26(30)21(17-27)15-20-9-14-24(25(16-20)31-3)32-18-19-7-5-4-6-8-19/h4-16H,18H2,1-3H3,(H,28,30)/b21-15-. The van der Waals surface area contributed by atoms with Crippen LogP contribution in [0.15, 0.2) is 78.4 Å². The Morgan fingerprint density at radius 3 is 2.38 bits per heavy atom. The van der Waals surface area contributed by atoms with E-state index in [4.69, 9.17) is 9.47 Å². The molecule has 1 N–H and O–H groups in total. The Kier molecular flexibility index (Phi) is 7.50. The Bertz CT molecular complexity index is 1130. The van der Waals surface area contributed by atoms with Gasteiger partial charge in [0.25, 0.3) is 5.91 Å². The van der Waals surface area contributed by atoms with Crippen molar-refractivity contribution in [3.05, 3.63) is 89.5 Å². The highest BCUT2D eigenvalue weighted by molar-refractivity contribution is 6.09. The Morgan fingerprint density at radius 1 is 1.03 bits per heavy atom. The molecule has 3 rings (SSSR count). The van der Waals surface area contributed by atoms with Gasteiger partial charge in [-0.3, -0.25) is 4.79 Å². The van der Waals surface area contributed by atoms with E-state index in [1.54, 1.807) is 37.4 Å². The van der Waals surface area contributed by atoms with E-state index < -0.39 is 5.91 Å². The number of nitriles is 1. The molecule has 6 nitrogen and oxygen atoms in total. The van der Waals surface area contributed by atoms with Crippen LogP contribution < -0.4 is 19.7 Å². The molecule has 162 valence electrons. The molecule has 0 aliphatic heterocycles. The second kappa shape index (κ2) is 10.7. The van der Waals surface area contributed by atoms with Gasteiger partial charge in [-0.2, -0.15) is 5.26 Å². The summed E-state index contributed by atoms with van der Waals surface area (Å²) >= 11 is 0. The second-order valence-corrected chi connectivity index (χ2v) is 7.25. The van der Waals surface area contributed by atoms with Crippen molar-refractivity contribution in [2.75, 3.05) is 31.4 Å². The van der Waals surface area contributed by atoms with Gasteiger partial charge in [0.05, 0.1) is 7.11 Å². The van der Waals surface area contributed by atoms with E-state index in [9.17, 15) is 10.1 Å². The van der Waals surface area contributed by atoms with Crippen molar-refractivity contribution in [2.45, 2.75) is 6.61 Å². The van der Waals surface area contributed by atoms with Gasteiger partial charge in [-0.1, -0.05) is 36.4 Å². The van der Waals surface area contributed by atoms with E-state index in [1.807, 2.05) is 67.5 Å². The molecular weight excluding hydrogens is 402 g/mol. The Morgan fingerprint density at radius 2 is 1.75 bits per heavy atom. The van der Waals surface area contributed by atoms with Gasteiger partial charge in [0.1, 0.15) is 18.2 Å². The monoisotopic (exact) mass is 427 g/mol. The summed E-state index contributed by atoms with van der Waals surface area (Å²) in [5.41, 5.74) is 3.32. The molecular formula is C26H25N3O3. The van der Waals surface area contributed by atoms with Crippen LogP contribution in [0.3, 0.4) is 0 Å². The first-order valence-corrected chi connectivity index (χ1v) is 10.1. The average Bonchev–Trinajstić information content (AvgIpc) is 2.82. The molecule has 3 aromatic carbocycles. The van der Waals surface area contributed by atoms with Crippen molar-refractivity contribution in [3.63, 3.8) is 0 Å². The molecule has 0 saturated heterocycles. The number of ether oxygens (including phenoxy) is 2. The molecule has 3 aromatic rings. The zero-order valence-corrected chi connectivity index (χ0v) is 18.3. The van der Waals surface area contributed by atoms with Crippen LogP contribution in [-0.2, 0) is 11.4 Å². The number of anilines is 2. The highest BCUT2D eigenvalue weighted by Crippen LogP contribution is 2.30. The third kappa shape index (κ3) is 5.89. The first-order chi connectivity index (χ1) is 15.5. The number of hydrogen-bond donors (Lipinski definition) is 1. The molecule has 6 heteroatoms. The number of amides is 1. The van der Waals surface area contributed by atoms with Crippen molar-refractivity contribution < 1.29 is 14.3 Å². The summed E-state index contributed by atoms with van der Waals surface area (Å²) in [4.78, 5) is 14.5. The predicted octanol–water partition coefficient (Wildman–Crippen LogP) is 4.89. The van der Waals surface area contributed by atoms with E-state index >= 15 is 0 Å². The minimum absolute atomic E-state index is 0.0123. The summed E-state index contributed by atoms with van der Waals surface area (Å²) in [6.45, 7) is 0.408. The van der Waals surface area contributed by atoms with Crippen LogP contribution in [0.4, 0.5) is 11.4 Å². The molecule has 0 aromatic heterocycles. The third-order valence-electron chi connectivity index (χ3n) is 4.74. The number of rotatable bonds is 8. The van der Waals surface area contributed by atoms with Crippen molar-refractivity contribution in [2.24, 2.45) is 0 Å². The average molecular weight is 428 g/mol. The number of benzene rings is 3. The van der Waals surface area contributed by atoms with Gasteiger partial charge in [0.2, 0.25) is 0 Å². The smallest absolute Gasteiger partial charge is 0.266 e. The maximum atomic E-state index is 12.6. The highest BCUT2D eigenvalue weighted by Gasteiger charge is 2.12. The van der Waals surface area contributed by atoms with Crippen LogP contribution in [0, 0.1) is 11.3 Å². The van der Waals surface area contributed by atoms with Gasteiger partial charge in [0, 0.05) is 25.5 Å². The summed E-state index contributed by atoms with van der Waals surface area (Å²) in [6.07, 6.45) is 1.52. The highest BCUT2D eigenvalue weighted by atomic mass is 16.5. The number of nitrogens with zero attached hydrogens (tertiary/aromatic N) is 2. The summed E-state index contributed by atoms with van der Waals surface area (Å²) in [5, 5.41) is 12.3. The number of nitrogens with one attached hydrogen (secondary N) is 1. The fourth-order valence-corrected chi connectivity index (χ4v) is 2.99. The van der Waals surface area contributed by atoms with Gasteiger partial charge >= 0.3 is 0 Å². The largest absolute Gasteiger partial charge is 0.493 e. The van der Waals surface area contributed by atoms with Gasteiger partial charge < -0.3 is 19.7 Å². The Hall–Kier alpha value is -4.24. The van der Waals surface area contributed by atoms with Gasteiger partial charge in [-0.25, -0.2) is 0 Å². The van der Waals surface area contributed by atoms with Crippen LogP contribution in [0.1, 0.15) is 11.1 Å². The molecule has 0 unspecified atom stereocenters. The molecule has 0 aliphatic carbocycles. The topological polar surface area (TPSA) is 74.6 Å². The van der Waals surface area contributed by atoms with E-state index in [-0.39, 0.29) is 5.57 Å². The normalized spacial score (nSPS) is 10.8. The van der Waals surface area contributed by atoms with Crippen LogP contribution >= 0.6 is 0 Å². The van der Waals surface area contributed by atoms with Gasteiger partial charge in [-0.15, -0.1) is 0 Å². The molecule has 0 saturated carbocycles. The second-order valence-electron chi connectivity index (χ2n) is 7.25. The lowest BCUT2D eigenvalue weighted by atomic mass is 10.1. The van der Waals surface area contributed by atoms with E-state index in [0.29, 0.717) is 29.4 Å². The molecule has 32 heavy (non-hydrogen) atoms. The number of hydrogen-bond acceptors (Lipinski definition) is 5. The van der Waals surface area contributed by atoms with Crippen molar-refractivity contribution in [1.29, 1.82) is 5.26 Å². The van der Waals surface area contributed by atoms with Crippen molar-refractivity contribution in [3.8, 4) is 17.6 Å². The Balaban J connectivity index is 1.72. The summed E-state index contributed by atoms with van der Waals surface area (Å²) < 4.78 is 11.3. The predicted molar refractivity (Wildman–Crippen MR) is 127 cm³/mol. The van der Waals surface area contributed by atoms with Crippen LogP contribution in [0.2, 0.25) is 0 Å². The zero-order chi connectivity index (χ0) is 22.9. The lowest BCUT2D eigenvalue weighted by Crippen LogP contribution is -2.14. The van der Waals surface area contributed by atoms with E-state index in [1.165, 1.54) is 6.08 Å². The lowest BCUT2D eigenvalue weighted by Gasteiger charge is -2.13. The number of carbonyl (C=O) groups excluding carboxylic acids is 1. The SMILES string of the molecule is COc1cc(/C=C(/C#N)C(=O)Nc2ccc(N(C)C)cc2)ccc1OCc1ccccc1. The quantitative estimate of drug-likeness (QED) is 0.409. The molecule has 0 aliphatic rings. The fourth-order valence-electron chi connectivity index (χ4n) is 2.99. The third-order valence-corrected chi connectivity index (χ3v) is 4.74. The van der Waals surface area contributed by atoms with Crippen LogP contribution in [0.5, 0.6) is 11.5 Å². The van der Waals surface area contributed by atoms with Crippen molar-refractivity contribution >= 4 is 23.4 Å². The molecule has 1 amide bonds. The van der Waals surface area contributed by atoms with E-state index in [2.05, 4.69) is 5.32 Å². The maximum Gasteiger partial charge on any atom is 0.266 e. The molecule has 0 heterocycles. The Labute approximate surface area is 188 Å². The fraction of sp³-hybridized carbons (Fsp3) is 0.154. The molecule has 0 spiro atoms. The molecule has 0 fully saturated rings. The maximum absolute atomic E-state index is 12.6. The van der Waals surface area contributed by atoms with Crippen LogP contribution in [0.25, 0.3) is 6.08 Å². The first kappa shape index (κ1) is 22.4. The molecule has 0 atom stereocenters.